The monoisotopic (exact) mass is 378 g/mol. The number of nitrogens with one attached hydrogen (secondary N) is 1. The summed E-state index contributed by atoms with van der Waals surface area (Å²) in [6.07, 6.45) is 0. The first-order chi connectivity index (χ1) is 8.06. The second-order valence-electron chi connectivity index (χ2n) is 3.49. The highest BCUT2D eigenvalue weighted by molar-refractivity contribution is 14.1. The van der Waals surface area contributed by atoms with Crippen LogP contribution in [0, 0.1) is 3.57 Å². The largest absolute Gasteiger partial charge is 0.399 e. The molecular weight excluding hydrogens is 370 g/mol. The Balaban J connectivity index is 2.31. The van der Waals surface area contributed by atoms with Gasteiger partial charge in [0.15, 0.2) is 0 Å². The molecule has 0 fully saturated rings. The Bertz CT molecular complexity index is 509. The second kappa shape index (κ2) is 5.33. The van der Waals surface area contributed by atoms with E-state index in [0.29, 0.717) is 15.7 Å². The summed E-state index contributed by atoms with van der Waals surface area (Å²) in [5.74, 6) is 0. The van der Waals surface area contributed by atoms with Crippen molar-refractivity contribution >= 4 is 62.9 Å². The summed E-state index contributed by atoms with van der Waals surface area (Å²) in [5.41, 5.74) is 8.06. The number of rotatable bonds is 2. The molecule has 0 unspecified atom stereocenters. The van der Waals surface area contributed by atoms with Gasteiger partial charge >= 0.3 is 0 Å². The Morgan fingerprint density at radius 1 is 1.00 bits per heavy atom. The third-order valence-corrected chi connectivity index (χ3v) is 3.63. The zero-order valence-corrected chi connectivity index (χ0v) is 12.3. The maximum absolute atomic E-state index is 6.09. The highest BCUT2D eigenvalue weighted by Gasteiger charge is 2.04. The van der Waals surface area contributed by atoms with Crippen molar-refractivity contribution in [3.63, 3.8) is 0 Å². The fourth-order valence-corrected chi connectivity index (χ4v) is 2.61. The number of nitrogens with two attached hydrogens (primary N) is 1. The number of anilines is 3. The molecule has 0 saturated heterocycles. The summed E-state index contributed by atoms with van der Waals surface area (Å²) in [4.78, 5) is 0. The van der Waals surface area contributed by atoms with Gasteiger partial charge in [-0.1, -0.05) is 23.2 Å². The fourth-order valence-electron chi connectivity index (χ4n) is 1.37. The van der Waals surface area contributed by atoms with Crippen LogP contribution in [0.1, 0.15) is 0 Å². The third kappa shape index (κ3) is 3.18. The van der Waals surface area contributed by atoms with Gasteiger partial charge in [0.1, 0.15) is 0 Å². The van der Waals surface area contributed by atoms with Gasteiger partial charge in [0, 0.05) is 14.3 Å². The maximum Gasteiger partial charge on any atom is 0.0661 e. The molecule has 0 aliphatic heterocycles. The lowest BCUT2D eigenvalue weighted by Gasteiger charge is -2.10. The Morgan fingerprint density at radius 3 is 2.35 bits per heavy atom. The number of nitrogen functional groups attached to an aromatic ring is 1. The third-order valence-electron chi connectivity index (χ3n) is 2.19. The van der Waals surface area contributed by atoms with E-state index in [2.05, 4.69) is 27.9 Å². The van der Waals surface area contributed by atoms with Gasteiger partial charge in [-0.3, -0.25) is 0 Å². The van der Waals surface area contributed by atoms with Crippen LogP contribution in [0.4, 0.5) is 17.1 Å². The van der Waals surface area contributed by atoms with Gasteiger partial charge < -0.3 is 11.1 Å². The van der Waals surface area contributed by atoms with Crippen LogP contribution in [0.5, 0.6) is 0 Å². The van der Waals surface area contributed by atoms with E-state index in [4.69, 9.17) is 28.9 Å². The molecule has 2 rings (SSSR count). The molecule has 5 heteroatoms. The molecule has 2 aromatic carbocycles. The Labute approximate surface area is 123 Å². The molecule has 2 nitrogen and oxygen atoms in total. The minimum atomic E-state index is 0.593. The van der Waals surface area contributed by atoms with Crippen molar-refractivity contribution in [3.8, 4) is 0 Å². The summed E-state index contributed by atoms with van der Waals surface area (Å²) in [6.45, 7) is 0. The smallest absolute Gasteiger partial charge is 0.0661 e. The molecule has 0 aliphatic rings. The van der Waals surface area contributed by atoms with Gasteiger partial charge in [-0.05, 0) is 59.0 Å². The summed E-state index contributed by atoms with van der Waals surface area (Å²) >= 11 is 14.2. The molecule has 0 amide bonds. The van der Waals surface area contributed by atoms with Gasteiger partial charge in [0.05, 0.1) is 16.4 Å². The number of hydrogen-bond acceptors (Lipinski definition) is 2. The van der Waals surface area contributed by atoms with Crippen LogP contribution >= 0.6 is 45.8 Å². The topological polar surface area (TPSA) is 38.0 Å². The Kier molecular flexibility index (Phi) is 4.01. The first kappa shape index (κ1) is 12.8. The second-order valence-corrected chi connectivity index (χ2v) is 5.49. The SMILES string of the molecule is Nc1ccc(Nc2ccc(Cl)cc2I)c(Cl)c1. The van der Waals surface area contributed by atoms with Crippen molar-refractivity contribution in [3.05, 3.63) is 50.0 Å². The summed E-state index contributed by atoms with van der Waals surface area (Å²) in [7, 11) is 0. The number of hydrogen-bond donors (Lipinski definition) is 2. The zero-order valence-electron chi connectivity index (χ0n) is 8.68. The number of halogens is 3. The van der Waals surface area contributed by atoms with Crippen molar-refractivity contribution in [2.75, 3.05) is 11.1 Å². The van der Waals surface area contributed by atoms with Crippen LogP contribution in [0.3, 0.4) is 0 Å². The van der Waals surface area contributed by atoms with E-state index in [1.807, 2.05) is 24.3 Å². The molecule has 88 valence electrons. The molecular formula is C12H9Cl2IN2. The molecule has 0 aliphatic carbocycles. The average Bonchev–Trinajstić information content (AvgIpc) is 2.25. The van der Waals surface area contributed by atoms with E-state index < -0.39 is 0 Å². The lowest BCUT2D eigenvalue weighted by Crippen LogP contribution is -1.94. The van der Waals surface area contributed by atoms with E-state index in [0.717, 1.165) is 14.9 Å². The molecule has 0 atom stereocenters. The van der Waals surface area contributed by atoms with Crippen molar-refractivity contribution < 1.29 is 0 Å². The van der Waals surface area contributed by atoms with Crippen LogP contribution in [-0.4, -0.2) is 0 Å². The molecule has 0 saturated carbocycles. The molecule has 0 bridgehead atoms. The molecule has 0 radical (unpaired) electrons. The first-order valence-electron chi connectivity index (χ1n) is 4.83. The van der Waals surface area contributed by atoms with Crippen LogP contribution < -0.4 is 11.1 Å². The lowest BCUT2D eigenvalue weighted by atomic mass is 10.2. The van der Waals surface area contributed by atoms with Crippen molar-refractivity contribution in [1.29, 1.82) is 0 Å². The van der Waals surface area contributed by atoms with E-state index in [9.17, 15) is 0 Å². The van der Waals surface area contributed by atoms with Crippen molar-refractivity contribution in [2.24, 2.45) is 0 Å². The quantitative estimate of drug-likeness (QED) is 0.574. The Hall–Kier alpha value is -0.650. The molecule has 17 heavy (non-hydrogen) atoms. The van der Waals surface area contributed by atoms with Crippen LogP contribution in [0.15, 0.2) is 36.4 Å². The highest BCUT2D eigenvalue weighted by atomic mass is 127. The van der Waals surface area contributed by atoms with Crippen LogP contribution in [0.2, 0.25) is 10.0 Å². The van der Waals surface area contributed by atoms with Gasteiger partial charge in [-0.25, -0.2) is 0 Å². The molecule has 0 heterocycles. The van der Waals surface area contributed by atoms with Gasteiger partial charge in [0.25, 0.3) is 0 Å². The van der Waals surface area contributed by atoms with Gasteiger partial charge in [0.2, 0.25) is 0 Å². The standard InChI is InChI=1S/C12H9Cl2IN2/c13-7-1-3-12(10(15)5-7)17-11-4-2-8(16)6-9(11)14/h1-6,17H,16H2. The first-order valence-corrected chi connectivity index (χ1v) is 6.67. The fraction of sp³-hybridized carbons (Fsp3) is 0. The molecule has 2 aromatic rings. The van der Waals surface area contributed by atoms with Gasteiger partial charge in [-0.2, -0.15) is 0 Å². The van der Waals surface area contributed by atoms with Crippen LogP contribution in [0.25, 0.3) is 0 Å². The molecule has 3 N–H and O–H groups in total. The molecule has 0 spiro atoms. The van der Waals surface area contributed by atoms with Crippen LogP contribution in [-0.2, 0) is 0 Å². The summed E-state index contributed by atoms with van der Waals surface area (Å²) < 4.78 is 1.03. The summed E-state index contributed by atoms with van der Waals surface area (Å²) in [6, 6.07) is 11.0. The number of benzene rings is 2. The van der Waals surface area contributed by atoms with E-state index in [1.165, 1.54) is 0 Å². The normalized spacial score (nSPS) is 10.3. The predicted octanol–water partition coefficient (Wildman–Crippen LogP) is 4.92. The summed E-state index contributed by atoms with van der Waals surface area (Å²) in [5, 5.41) is 4.55. The zero-order chi connectivity index (χ0) is 12.4. The average molecular weight is 379 g/mol. The predicted molar refractivity (Wildman–Crippen MR) is 83.3 cm³/mol. The lowest BCUT2D eigenvalue weighted by molar-refractivity contribution is 1.52. The highest BCUT2D eigenvalue weighted by Crippen LogP contribution is 2.30. The minimum Gasteiger partial charge on any atom is -0.399 e. The van der Waals surface area contributed by atoms with Crippen molar-refractivity contribution in [2.45, 2.75) is 0 Å². The minimum absolute atomic E-state index is 0.593. The maximum atomic E-state index is 6.09. The van der Waals surface area contributed by atoms with E-state index >= 15 is 0 Å². The van der Waals surface area contributed by atoms with E-state index in [1.54, 1.807) is 12.1 Å². The Morgan fingerprint density at radius 2 is 1.71 bits per heavy atom. The van der Waals surface area contributed by atoms with Gasteiger partial charge in [-0.15, -0.1) is 0 Å². The molecule has 0 aromatic heterocycles. The van der Waals surface area contributed by atoms with E-state index in [-0.39, 0.29) is 0 Å². The van der Waals surface area contributed by atoms with Crippen molar-refractivity contribution in [1.82, 2.24) is 0 Å².